The Morgan fingerprint density at radius 2 is 2.11 bits per heavy atom. The molecular weight excluding hydrogens is 254 g/mol. The molecule has 0 radical (unpaired) electrons. The summed E-state index contributed by atoms with van der Waals surface area (Å²) in [4.78, 5) is 13.9. The molecule has 1 aromatic rings. The van der Waals surface area contributed by atoms with Gasteiger partial charge in [0.1, 0.15) is 5.69 Å². The fourth-order valence-electron chi connectivity index (χ4n) is 2.40. The zero-order valence-corrected chi connectivity index (χ0v) is 10.6. The van der Waals surface area contributed by atoms with Crippen LogP contribution in [0.15, 0.2) is 18.3 Å². The first-order valence-corrected chi connectivity index (χ1v) is 6.45. The zero-order valence-electron chi connectivity index (χ0n) is 10.6. The number of hydrogen-bond donors (Lipinski definition) is 1. The molecule has 0 unspecified atom stereocenters. The predicted molar refractivity (Wildman–Crippen MR) is 66.1 cm³/mol. The minimum atomic E-state index is -2.47. The van der Waals surface area contributed by atoms with Crippen LogP contribution in [0.5, 0.6) is 0 Å². The fourth-order valence-corrected chi connectivity index (χ4v) is 2.40. The molecule has 1 N–H and O–H groups in total. The second-order valence-corrected chi connectivity index (χ2v) is 4.86. The van der Waals surface area contributed by atoms with Gasteiger partial charge < -0.3 is 14.6 Å². The number of aromatic nitrogens is 1. The maximum atomic E-state index is 12.4. The normalized spacial score (nSPS) is 17.2. The van der Waals surface area contributed by atoms with E-state index in [0.717, 1.165) is 12.8 Å². The lowest BCUT2D eigenvalue weighted by molar-refractivity contribution is 0.0632. The monoisotopic (exact) mass is 272 g/mol. The average molecular weight is 272 g/mol. The molecule has 0 aromatic carbocycles. The highest BCUT2D eigenvalue weighted by Gasteiger charge is 2.25. The summed E-state index contributed by atoms with van der Waals surface area (Å²) in [6, 6.07) is 3.18. The molecule has 1 fully saturated rings. The Morgan fingerprint density at radius 3 is 2.68 bits per heavy atom. The summed E-state index contributed by atoms with van der Waals surface area (Å²) in [7, 11) is 0. The summed E-state index contributed by atoms with van der Waals surface area (Å²) in [5.41, 5.74) is 0.308. The Morgan fingerprint density at radius 1 is 1.42 bits per heavy atom. The molecule has 1 aliphatic rings. The Hall–Kier alpha value is -1.43. The highest BCUT2D eigenvalue weighted by molar-refractivity contribution is 5.92. The largest absolute Gasteiger partial charge is 0.396 e. The minimum Gasteiger partial charge on any atom is -0.396 e. The molecule has 0 spiro atoms. The van der Waals surface area contributed by atoms with Crippen LogP contribution in [0.3, 0.4) is 0 Å². The molecule has 6 heteroatoms. The van der Waals surface area contributed by atoms with E-state index in [1.54, 1.807) is 17.0 Å². The Balaban J connectivity index is 2.02. The summed E-state index contributed by atoms with van der Waals surface area (Å²) in [5.74, 6) is 0.0407. The number of rotatable bonds is 4. The first kappa shape index (κ1) is 14.0. The van der Waals surface area contributed by atoms with Gasteiger partial charge in [0, 0.05) is 25.9 Å². The van der Waals surface area contributed by atoms with Gasteiger partial charge in [-0.1, -0.05) is 0 Å². The number of carbonyl (C=O) groups excluding carboxylic acids is 1. The molecular formula is C13H18F2N2O2. The molecule has 0 aliphatic carbocycles. The van der Waals surface area contributed by atoms with Gasteiger partial charge in [-0.2, -0.15) is 0 Å². The third kappa shape index (κ3) is 3.32. The van der Waals surface area contributed by atoms with E-state index < -0.39 is 13.0 Å². The van der Waals surface area contributed by atoms with Crippen LogP contribution in [0, 0.1) is 5.92 Å². The van der Waals surface area contributed by atoms with Gasteiger partial charge in [-0.15, -0.1) is 0 Å². The number of amides is 1. The maximum Gasteiger partial charge on any atom is 0.270 e. The van der Waals surface area contributed by atoms with Crippen LogP contribution in [-0.4, -0.2) is 46.6 Å². The second-order valence-electron chi connectivity index (χ2n) is 4.86. The van der Waals surface area contributed by atoms with Crippen molar-refractivity contribution in [3.05, 3.63) is 24.0 Å². The standard InChI is InChI=1S/C13H18F2N2O2/c14-12(15)8-17-5-1-2-11(17)13(19)16-6-3-10(9-18)4-7-16/h1-2,5,10,12,18H,3-4,6-9H2. The molecule has 4 nitrogen and oxygen atoms in total. The first-order valence-electron chi connectivity index (χ1n) is 6.45. The van der Waals surface area contributed by atoms with E-state index >= 15 is 0 Å². The topological polar surface area (TPSA) is 45.5 Å². The molecule has 0 bridgehead atoms. The lowest BCUT2D eigenvalue weighted by Gasteiger charge is -2.31. The molecule has 0 saturated carbocycles. The van der Waals surface area contributed by atoms with E-state index in [2.05, 4.69) is 0 Å². The van der Waals surface area contributed by atoms with Crippen molar-refractivity contribution in [3.63, 3.8) is 0 Å². The van der Waals surface area contributed by atoms with E-state index in [9.17, 15) is 13.6 Å². The number of alkyl halides is 2. The highest BCUT2D eigenvalue weighted by atomic mass is 19.3. The van der Waals surface area contributed by atoms with Crippen LogP contribution in [0.25, 0.3) is 0 Å². The van der Waals surface area contributed by atoms with Crippen LogP contribution < -0.4 is 0 Å². The summed E-state index contributed by atoms with van der Waals surface area (Å²) in [6.45, 7) is 0.832. The number of halogens is 2. The molecule has 0 atom stereocenters. The smallest absolute Gasteiger partial charge is 0.270 e. The first-order chi connectivity index (χ1) is 9.11. The van der Waals surface area contributed by atoms with Crippen molar-refractivity contribution in [2.24, 2.45) is 5.92 Å². The minimum absolute atomic E-state index is 0.143. The van der Waals surface area contributed by atoms with E-state index in [0.29, 0.717) is 18.8 Å². The quantitative estimate of drug-likeness (QED) is 0.905. The van der Waals surface area contributed by atoms with E-state index in [1.165, 1.54) is 10.8 Å². The number of aliphatic hydroxyl groups excluding tert-OH is 1. The van der Waals surface area contributed by atoms with Gasteiger partial charge in [-0.3, -0.25) is 4.79 Å². The molecule has 106 valence electrons. The van der Waals surface area contributed by atoms with Crippen molar-refractivity contribution in [3.8, 4) is 0 Å². The number of hydrogen-bond acceptors (Lipinski definition) is 2. The summed E-state index contributed by atoms with van der Waals surface area (Å²) < 4.78 is 26.1. The van der Waals surface area contributed by atoms with Crippen molar-refractivity contribution in [2.75, 3.05) is 19.7 Å². The molecule has 1 aromatic heterocycles. The lowest BCUT2D eigenvalue weighted by atomic mass is 9.98. The Labute approximate surface area is 110 Å². The van der Waals surface area contributed by atoms with E-state index in [-0.39, 0.29) is 18.4 Å². The third-order valence-corrected chi connectivity index (χ3v) is 3.54. The summed E-state index contributed by atoms with van der Waals surface area (Å²) in [6.07, 6.45) is 0.550. The van der Waals surface area contributed by atoms with Gasteiger partial charge in [0.2, 0.25) is 0 Å². The highest BCUT2D eigenvalue weighted by Crippen LogP contribution is 2.19. The van der Waals surface area contributed by atoms with Crippen LogP contribution in [0.4, 0.5) is 8.78 Å². The summed E-state index contributed by atoms with van der Waals surface area (Å²) in [5, 5.41) is 9.05. The van der Waals surface area contributed by atoms with Crippen molar-refractivity contribution >= 4 is 5.91 Å². The lowest BCUT2D eigenvalue weighted by Crippen LogP contribution is -2.40. The molecule has 1 aliphatic heterocycles. The van der Waals surface area contributed by atoms with Crippen molar-refractivity contribution in [1.29, 1.82) is 0 Å². The number of likely N-dealkylation sites (tertiary alicyclic amines) is 1. The third-order valence-electron chi connectivity index (χ3n) is 3.54. The SMILES string of the molecule is O=C(c1cccn1CC(F)F)N1CCC(CO)CC1. The zero-order chi connectivity index (χ0) is 13.8. The molecule has 19 heavy (non-hydrogen) atoms. The van der Waals surface area contributed by atoms with Crippen molar-refractivity contribution in [2.45, 2.75) is 25.8 Å². The van der Waals surface area contributed by atoms with Crippen LogP contribution in [-0.2, 0) is 6.54 Å². The van der Waals surface area contributed by atoms with E-state index in [1.807, 2.05) is 0 Å². The van der Waals surface area contributed by atoms with Gasteiger partial charge in [-0.05, 0) is 30.9 Å². The molecule has 1 saturated heterocycles. The predicted octanol–water partition coefficient (Wildman–Crippen LogP) is 1.60. The van der Waals surface area contributed by atoms with Gasteiger partial charge >= 0.3 is 0 Å². The van der Waals surface area contributed by atoms with Crippen molar-refractivity contribution in [1.82, 2.24) is 9.47 Å². The Bertz CT molecular complexity index is 426. The van der Waals surface area contributed by atoms with Gasteiger partial charge in [-0.25, -0.2) is 8.78 Å². The summed E-state index contributed by atoms with van der Waals surface area (Å²) >= 11 is 0. The second kappa shape index (κ2) is 6.14. The maximum absolute atomic E-state index is 12.4. The molecule has 2 rings (SSSR count). The molecule has 1 amide bonds. The van der Waals surface area contributed by atoms with E-state index in [4.69, 9.17) is 5.11 Å². The Kier molecular flexibility index (Phi) is 4.52. The number of piperidine rings is 1. The van der Waals surface area contributed by atoms with Gasteiger partial charge in [0.05, 0.1) is 6.54 Å². The number of nitrogens with zero attached hydrogens (tertiary/aromatic N) is 2. The number of aliphatic hydroxyl groups is 1. The van der Waals surface area contributed by atoms with Gasteiger partial charge in [0.15, 0.2) is 0 Å². The van der Waals surface area contributed by atoms with Crippen LogP contribution in [0.2, 0.25) is 0 Å². The average Bonchev–Trinajstić information content (AvgIpc) is 2.85. The number of carbonyl (C=O) groups is 1. The fraction of sp³-hybridized carbons (Fsp3) is 0.615. The van der Waals surface area contributed by atoms with Crippen LogP contribution in [0.1, 0.15) is 23.3 Å². The van der Waals surface area contributed by atoms with Crippen molar-refractivity contribution < 1.29 is 18.7 Å². The van der Waals surface area contributed by atoms with Gasteiger partial charge in [0.25, 0.3) is 12.3 Å². The van der Waals surface area contributed by atoms with Crippen LogP contribution >= 0.6 is 0 Å². The molecule has 2 heterocycles.